The molecule has 0 saturated carbocycles. The number of halogens is 1. The average Bonchev–Trinajstić information content (AvgIpc) is 2.91. The second-order valence-electron chi connectivity index (χ2n) is 9.76. The fourth-order valence-corrected chi connectivity index (χ4v) is 6.43. The second kappa shape index (κ2) is 12.9. The molecular weight excluding hydrogens is 508 g/mol. The first-order valence-electron chi connectivity index (χ1n) is 12.7. The standard InChI is InChI=1S/C29H35ClN2O4S/c1-35-21-5-8-23(9-6-21)37-17-16-32-14-12-29(13-15-32,19-28(33)34)11-3-4-24-25-18-22(36-2)7-10-27(25)31-20-26(24)30/h5-10,18,20H,3-4,11-17,19H2,1-2H3,(H,33,34). The van der Waals surface area contributed by atoms with Gasteiger partial charge in [0.15, 0.2) is 0 Å². The van der Waals surface area contributed by atoms with Crippen LogP contribution in [0, 0.1) is 5.41 Å². The Hall–Kier alpha value is -2.48. The monoisotopic (exact) mass is 542 g/mol. The summed E-state index contributed by atoms with van der Waals surface area (Å²) in [6.07, 6.45) is 6.29. The van der Waals surface area contributed by atoms with Crippen LogP contribution in [0.15, 0.2) is 53.6 Å². The number of pyridine rings is 1. The first-order chi connectivity index (χ1) is 17.9. The summed E-state index contributed by atoms with van der Waals surface area (Å²) in [5.41, 5.74) is 1.78. The van der Waals surface area contributed by atoms with E-state index in [9.17, 15) is 9.90 Å². The SMILES string of the molecule is COc1ccc(SCCN2CCC(CCCc3c(Cl)cnc4ccc(OC)cc34)(CC(=O)O)CC2)cc1. The van der Waals surface area contributed by atoms with Gasteiger partial charge in [-0.1, -0.05) is 11.6 Å². The first-order valence-corrected chi connectivity index (χ1v) is 14.1. The van der Waals surface area contributed by atoms with Gasteiger partial charge in [0.2, 0.25) is 0 Å². The predicted octanol–water partition coefficient (Wildman–Crippen LogP) is 6.58. The van der Waals surface area contributed by atoms with Gasteiger partial charge < -0.3 is 19.5 Å². The highest BCUT2D eigenvalue weighted by atomic mass is 35.5. The summed E-state index contributed by atoms with van der Waals surface area (Å²) in [5, 5.41) is 11.3. The van der Waals surface area contributed by atoms with Crippen LogP contribution in [0.1, 0.15) is 37.7 Å². The Balaban J connectivity index is 1.32. The molecule has 1 aromatic heterocycles. The molecule has 0 atom stereocenters. The largest absolute Gasteiger partial charge is 0.497 e. The van der Waals surface area contributed by atoms with Crippen molar-refractivity contribution in [2.24, 2.45) is 5.41 Å². The van der Waals surface area contributed by atoms with Gasteiger partial charge in [0.05, 0.1) is 31.2 Å². The quantitative estimate of drug-likeness (QED) is 0.259. The summed E-state index contributed by atoms with van der Waals surface area (Å²) in [6.45, 7) is 2.87. The van der Waals surface area contributed by atoms with Gasteiger partial charge in [-0.05, 0) is 98.6 Å². The number of aromatic nitrogens is 1. The van der Waals surface area contributed by atoms with E-state index in [-0.39, 0.29) is 11.8 Å². The Bertz CT molecular complexity index is 1200. The van der Waals surface area contributed by atoms with Crippen LogP contribution < -0.4 is 9.47 Å². The molecule has 6 nitrogen and oxygen atoms in total. The summed E-state index contributed by atoms with van der Waals surface area (Å²) >= 11 is 8.40. The number of aryl methyl sites for hydroxylation is 1. The van der Waals surface area contributed by atoms with Gasteiger partial charge in [0.25, 0.3) is 0 Å². The van der Waals surface area contributed by atoms with E-state index in [4.69, 9.17) is 21.1 Å². The first kappa shape index (κ1) is 27.6. The Morgan fingerprint density at radius 3 is 2.49 bits per heavy atom. The summed E-state index contributed by atoms with van der Waals surface area (Å²) in [6, 6.07) is 14.0. The second-order valence-corrected chi connectivity index (χ2v) is 11.3. The van der Waals surface area contributed by atoms with Crippen LogP contribution >= 0.6 is 23.4 Å². The number of aliphatic carboxylic acids is 1. The summed E-state index contributed by atoms with van der Waals surface area (Å²) in [7, 11) is 3.33. The van der Waals surface area contributed by atoms with Crippen molar-refractivity contribution >= 4 is 40.2 Å². The molecule has 37 heavy (non-hydrogen) atoms. The van der Waals surface area contributed by atoms with Gasteiger partial charge in [-0.15, -0.1) is 11.8 Å². The number of likely N-dealkylation sites (tertiary alicyclic amines) is 1. The average molecular weight is 543 g/mol. The minimum Gasteiger partial charge on any atom is -0.497 e. The maximum absolute atomic E-state index is 11.8. The van der Waals surface area contributed by atoms with E-state index in [0.717, 1.165) is 85.5 Å². The molecule has 0 unspecified atom stereocenters. The molecule has 4 rings (SSSR count). The molecule has 1 aliphatic rings. The van der Waals surface area contributed by atoms with E-state index >= 15 is 0 Å². The zero-order chi connectivity index (χ0) is 26.3. The zero-order valence-corrected chi connectivity index (χ0v) is 23.1. The number of ether oxygens (including phenoxy) is 2. The van der Waals surface area contributed by atoms with Crippen LogP contribution in [0.3, 0.4) is 0 Å². The predicted molar refractivity (Wildman–Crippen MR) is 150 cm³/mol. The Labute approximate surface area is 228 Å². The third kappa shape index (κ3) is 7.30. The van der Waals surface area contributed by atoms with Crippen molar-refractivity contribution in [3.05, 3.63) is 59.2 Å². The molecule has 2 aromatic carbocycles. The molecule has 0 spiro atoms. The van der Waals surface area contributed by atoms with Crippen LogP contribution in [0.2, 0.25) is 5.02 Å². The number of carboxylic acid groups (broad SMARTS) is 1. The lowest BCUT2D eigenvalue weighted by atomic mass is 9.72. The van der Waals surface area contributed by atoms with Crippen molar-refractivity contribution in [1.82, 2.24) is 9.88 Å². The van der Waals surface area contributed by atoms with Crippen LogP contribution in [0.5, 0.6) is 11.5 Å². The van der Waals surface area contributed by atoms with E-state index < -0.39 is 5.97 Å². The molecular formula is C29H35ClN2O4S. The molecule has 0 aliphatic carbocycles. The topological polar surface area (TPSA) is 71.9 Å². The van der Waals surface area contributed by atoms with Crippen LogP contribution in [0.25, 0.3) is 10.9 Å². The molecule has 0 amide bonds. The van der Waals surface area contributed by atoms with Crippen molar-refractivity contribution in [2.45, 2.75) is 43.4 Å². The molecule has 1 saturated heterocycles. The van der Waals surface area contributed by atoms with E-state index in [1.54, 1.807) is 20.4 Å². The Kier molecular flexibility index (Phi) is 9.57. The number of thioether (sulfide) groups is 1. The van der Waals surface area contributed by atoms with Gasteiger partial charge in [-0.2, -0.15) is 0 Å². The smallest absolute Gasteiger partial charge is 0.303 e. The summed E-state index contributed by atoms with van der Waals surface area (Å²) < 4.78 is 10.6. The lowest BCUT2D eigenvalue weighted by Gasteiger charge is -2.41. The molecule has 2 heterocycles. The van der Waals surface area contributed by atoms with E-state index in [2.05, 4.69) is 22.0 Å². The third-order valence-corrected chi connectivity index (χ3v) is 8.76. The van der Waals surface area contributed by atoms with E-state index in [1.807, 2.05) is 42.1 Å². The number of methoxy groups -OCH3 is 2. The molecule has 8 heteroatoms. The van der Waals surface area contributed by atoms with E-state index in [1.165, 1.54) is 4.90 Å². The molecule has 0 bridgehead atoms. The lowest BCUT2D eigenvalue weighted by Crippen LogP contribution is -2.42. The van der Waals surface area contributed by atoms with Crippen LogP contribution in [-0.2, 0) is 11.2 Å². The van der Waals surface area contributed by atoms with E-state index in [0.29, 0.717) is 5.02 Å². The van der Waals surface area contributed by atoms with Gasteiger partial charge in [-0.25, -0.2) is 0 Å². The Morgan fingerprint density at radius 2 is 1.81 bits per heavy atom. The highest BCUT2D eigenvalue weighted by Gasteiger charge is 2.36. The van der Waals surface area contributed by atoms with Crippen molar-refractivity contribution in [3.63, 3.8) is 0 Å². The minimum atomic E-state index is -0.708. The van der Waals surface area contributed by atoms with Crippen molar-refractivity contribution in [2.75, 3.05) is 39.6 Å². The van der Waals surface area contributed by atoms with Crippen molar-refractivity contribution in [1.29, 1.82) is 0 Å². The number of rotatable bonds is 12. The molecule has 1 fully saturated rings. The molecule has 1 aliphatic heterocycles. The highest BCUT2D eigenvalue weighted by Crippen LogP contribution is 2.41. The number of carboxylic acids is 1. The normalized spacial score (nSPS) is 15.5. The number of piperidine rings is 1. The van der Waals surface area contributed by atoms with Gasteiger partial charge >= 0.3 is 5.97 Å². The Morgan fingerprint density at radius 1 is 1.11 bits per heavy atom. The summed E-state index contributed by atoms with van der Waals surface area (Å²) in [5.74, 6) is 1.95. The molecule has 0 radical (unpaired) electrons. The third-order valence-electron chi connectivity index (χ3n) is 7.45. The summed E-state index contributed by atoms with van der Waals surface area (Å²) in [4.78, 5) is 19.9. The van der Waals surface area contributed by atoms with Gasteiger partial charge in [-0.3, -0.25) is 9.78 Å². The van der Waals surface area contributed by atoms with Gasteiger partial charge in [0.1, 0.15) is 11.5 Å². The van der Waals surface area contributed by atoms with Crippen LogP contribution in [0.4, 0.5) is 0 Å². The number of fused-ring (bicyclic) bond motifs is 1. The fourth-order valence-electron chi connectivity index (χ4n) is 5.27. The lowest BCUT2D eigenvalue weighted by molar-refractivity contribution is -0.140. The number of hydrogen-bond acceptors (Lipinski definition) is 6. The number of nitrogens with zero attached hydrogens (tertiary/aromatic N) is 2. The van der Waals surface area contributed by atoms with Crippen LogP contribution in [-0.4, -0.2) is 60.6 Å². The maximum atomic E-state index is 11.8. The minimum absolute atomic E-state index is 0.168. The number of benzene rings is 2. The van der Waals surface area contributed by atoms with Crippen molar-refractivity contribution < 1.29 is 19.4 Å². The fraction of sp³-hybridized carbons (Fsp3) is 0.448. The van der Waals surface area contributed by atoms with Crippen molar-refractivity contribution in [3.8, 4) is 11.5 Å². The molecule has 3 aromatic rings. The highest BCUT2D eigenvalue weighted by molar-refractivity contribution is 7.99. The zero-order valence-electron chi connectivity index (χ0n) is 21.5. The maximum Gasteiger partial charge on any atom is 0.303 e. The molecule has 1 N–H and O–H groups in total. The van der Waals surface area contributed by atoms with Gasteiger partial charge in [0, 0.05) is 28.8 Å². The molecule has 198 valence electrons. The number of hydrogen-bond donors (Lipinski definition) is 1. The number of carbonyl (C=O) groups is 1.